The Labute approximate surface area is 155 Å². The van der Waals surface area contributed by atoms with E-state index in [9.17, 15) is 13.8 Å². The lowest BCUT2D eigenvalue weighted by Gasteiger charge is -2.11. The van der Waals surface area contributed by atoms with Gasteiger partial charge >= 0.3 is 5.69 Å². The number of unbranched alkanes of at least 4 members (excludes halogenated alkanes) is 3. The number of fused-ring (bicyclic) bond motifs is 1. The van der Waals surface area contributed by atoms with E-state index < -0.39 is 16.8 Å². The molecule has 1 unspecified atom stereocenters. The summed E-state index contributed by atoms with van der Waals surface area (Å²) in [4.78, 5) is 29.9. The van der Waals surface area contributed by atoms with Crippen molar-refractivity contribution in [1.82, 2.24) is 18.1 Å². The van der Waals surface area contributed by atoms with Crippen molar-refractivity contribution in [3.05, 3.63) is 27.2 Å². The van der Waals surface area contributed by atoms with Crippen LogP contribution in [0.1, 0.15) is 59.3 Å². The fourth-order valence-electron chi connectivity index (χ4n) is 2.64. The van der Waals surface area contributed by atoms with Crippen LogP contribution in [0.4, 0.5) is 0 Å². The maximum atomic E-state index is 12.9. The molecular formula is C17H28N4O4S. The Morgan fingerprint density at radius 3 is 2.23 bits per heavy atom. The van der Waals surface area contributed by atoms with Gasteiger partial charge in [0.1, 0.15) is 6.33 Å². The summed E-state index contributed by atoms with van der Waals surface area (Å²) in [5.41, 5.74) is -0.385. The predicted molar refractivity (Wildman–Crippen MR) is 102 cm³/mol. The second kappa shape index (κ2) is 9.82. The number of rotatable bonds is 11. The van der Waals surface area contributed by atoms with Gasteiger partial charge in [-0.3, -0.25) is 18.1 Å². The fourth-order valence-corrected chi connectivity index (χ4v) is 3.45. The molecule has 2 heterocycles. The van der Waals surface area contributed by atoms with Gasteiger partial charge in [0.2, 0.25) is 0 Å². The minimum absolute atomic E-state index is 0.159. The highest BCUT2D eigenvalue weighted by atomic mass is 32.2. The Balaban J connectivity index is 2.58. The maximum Gasteiger partial charge on any atom is 0.332 e. The molecule has 0 radical (unpaired) electrons. The van der Waals surface area contributed by atoms with E-state index in [1.807, 2.05) is 20.8 Å². The Bertz CT molecular complexity index is 868. The molecule has 0 spiro atoms. The third-order valence-corrected chi connectivity index (χ3v) is 5.16. The summed E-state index contributed by atoms with van der Waals surface area (Å²) in [6.07, 6.45) is 6.31. The Morgan fingerprint density at radius 1 is 1.00 bits per heavy atom. The Hall–Kier alpha value is -1.74. The van der Waals surface area contributed by atoms with Crippen molar-refractivity contribution in [3.63, 3.8) is 0 Å². The van der Waals surface area contributed by atoms with Gasteiger partial charge in [-0.05, 0) is 19.3 Å². The zero-order valence-electron chi connectivity index (χ0n) is 15.8. The van der Waals surface area contributed by atoms with Gasteiger partial charge in [-0.25, -0.2) is 18.0 Å². The topological polar surface area (TPSA) is 88.1 Å². The lowest BCUT2D eigenvalue weighted by molar-refractivity contribution is 0.335. The van der Waals surface area contributed by atoms with Gasteiger partial charge in [-0.15, -0.1) is 0 Å². The molecule has 1 atom stereocenters. The molecule has 26 heavy (non-hydrogen) atoms. The van der Waals surface area contributed by atoms with E-state index >= 15 is 0 Å². The van der Waals surface area contributed by atoms with Crippen LogP contribution in [0.25, 0.3) is 11.2 Å². The van der Waals surface area contributed by atoms with Crippen molar-refractivity contribution in [2.24, 2.45) is 0 Å². The van der Waals surface area contributed by atoms with E-state index in [1.54, 1.807) is 0 Å². The molecule has 8 nitrogen and oxygen atoms in total. The highest BCUT2D eigenvalue weighted by molar-refractivity contribution is 7.78. The van der Waals surface area contributed by atoms with Crippen molar-refractivity contribution in [1.29, 1.82) is 0 Å². The molecule has 0 aliphatic carbocycles. The number of hydrogen-bond donors (Lipinski definition) is 0. The largest absolute Gasteiger partial charge is 0.332 e. The first kappa shape index (κ1) is 20.6. The zero-order chi connectivity index (χ0) is 19.1. The van der Waals surface area contributed by atoms with Gasteiger partial charge in [0.05, 0.1) is 6.61 Å². The van der Waals surface area contributed by atoms with Crippen LogP contribution < -0.4 is 11.2 Å². The molecule has 2 aromatic heterocycles. The molecule has 0 saturated carbocycles. The van der Waals surface area contributed by atoms with Crippen LogP contribution in [0.2, 0.25) is 0 Å². The SMILES string of the molecule is CCCCOS(=O)n1cnc2c1c(=O)n(CCCC)c(=O)n2CCCC. The normalized spacial score (nSPS) is 12.7. The lowest BCUT2D eigenvalue weighted by atomic mass is 10.3. The molecule has 0 saturated heterocycles. The summed E-state index contributed by atoms with van der Waals surface area (Å²) in [5.74, 6) is 0. The van der Waals surface area contributed by atoms with Gasteiger partial charge in [0.25, 0.3) is 16.8 Å². The highest BCUT2D eigenvalue weighted by Crippen LogP contribution is 2.10. The van der Waals surface area contributed by atoms with E-state index in [0.29, 0.717) is 19.7 Å². The van der Waals surface area contributed by atoms with Crippen LogP contribution in [0.15, 0.2) is 15.9 Å². The number of nitrogens with zero attached hydrogens (tertiary/aromatic N) is 4. The molecule has 0 aromatic carbocycles. The fraction of sp³-hybridized carbons (Fsp3) is 0.706. The van der Waals surface area contributed by atoms with Crippen molar-refractivity contribution >= 4 is 22.4 Å². The van der Waals surface area contributed by atoms with E-state index in [2.05, 4.69) is 4.98 Å². The van der Waals surface area contributed by atoms with Crippen molar-refractivity contribution in [3.8, 4) is 0 Å². The summed E-state index contributed by atoms with van der Waals surface area (Å²) >= 11 is -1.85. The number of imidazole rings is 1. The molecule has 146 valence electrons. The van der Waals surface area contributed by atoms with Crippen LogP contribution in [0.3, 0.4) is 0 Å². The molecular weight excluding hydrogens is 356 g/mol. The second-order valence-corrected chi connectivity index (χ2v) is 7.30. The second-order valence-electron chi connectivity index (χ2n) is 6.23. The van der Waals surface area contributed by atoms with E-state index in [1.165, 1.54) is 19.4 Å². The Morgan fingerprint density at radius 2 is 1.62 bits per heavy atom. The quantitative estimate of drug-likeness (QED) is 0.554. The van der Waals surface area contributed by atoms with Gasteiger partial charge in [-0.2, -0.15) is 0 Å². The van der Waals surface area contributed by atoms with Crippen molar-refractivity contribution in [2.45, 2.75) is 72.4 Å². The van der Waals surface area contributed by atoms with E-state index in [4.69, 9.17) is 4.18 Å². The van der Waals surface area contributed by atoms with Gasteiger partial charge in [0, 0.05) is 13.1 Å². The minimum atomic E-state index is -1.85. The molecule has 0 aliphatic rings. The summed E-state index contributed by atoms with van der Waals surface area (Å²) in [7, 11) is 0. The molecule has 0 fully saturated rings. The molecule has 0 aliphatic heterocycles. The first-order valence-corrected chi connectivity index (χ1v) is 10.4. The van der Waals surface area contributed by atoms with Gasteiger partial charge in [-0.1, -0.05) is 40.0 Å². The lowest BCUT2D eigenvalue weighted by Crippen LogP contribution is -2.41. The van der Waals surface area contributed by atoms with Crippen LogP contribution >= 0.6 is 0 Å². The summed E-state index contributed by atoms with van der Waals surface area (Å²) < 4.78 is 21.7. The number of aryl methyl sites for hydroxylation is 1. The average molecular weight is 385 g/mol. The predicted octanol–water partition coefficient (Wildman–Crippen LogP) is 2.20. The third kappa shape index (κ3) is 4.32. The number of hydrogen-bond acceptors (Lipinski definition) is 5. The van der Waals surface area contributed by atoms with Crippen LogP contribution in [0, 0.1) is 0 Å². The van der Waals surface area contributed by atoms with Crippen LogP contribution in [-0.2, 0) is 28.5 Å². The maximum absolute atomic E-state index is 12.9. The zero-order valence-corrected chi connectivity index (χ0v) is 16.6. The Kier molecular flexibility index (Phi) is 7.77. The molecule has 9 heteroatoms. The monoisotopic (exact) mass is 384 g/mol. The highest BCUT2D eigenvalue weighted by Gasteiger charge is 2.20. The minimum Gasteiger partial charge on any atom is -0.276 e. The summed E-state index contributed by atoms with van der Waals surface area (Å²) in [6, 6.07) is 0. The van der Waals surface area contributed by atoms with Crippen LogP contribution in [0.5, 0.6) is 0 Å². The average Bonchev–Trinajstić information content (AvgIpc) is 3.07. The molecule has 0 bridgehead atoms. The van der Waals surface area contributed by atoms with Crippen molar-refractivity contribution < 1.29 is 8.39 Å². The molecule has 2 aromatic rings. The summed E-state index contributed by atoms with van der Waals surface area (Å²) in [6.45, 7) is 7.19. The first-order valence-electron chi connectivity index (χ1n) is 9.32. The van der Waals surface area contributed by atoms with E-state index in [0.717, 1.165) is 38.5 Å². The molecule has 0 amide bonds. The smallest absolute Gasteiger partial charge is 0.276 e. The summed E-state index contributed by atoms with van der Waals surface area (Å²) in [5, 5.41) is 0. The molecule has 2 rings (SSSR count). The van der Waals surface area contributed by atoms with Crippen molar-refractivity contribution in [2.75, 3.05) is 6.61 Å². The standard InChI is InChI=1S/C17H28N4O4S/c1-4-7-10-19-15-14(16(22)20(17(19)23)11-8-5-2)21(13-18-15)26(24)25-12-9-6-3/h13H,4-12H2,1-3H3. The van der Waals surface area contributed by atoms with Crippen LogP contribution in [-0.4, -0.2) is 28.9 Å². The van der Waals surface area contributed by atoms with E-state index in [-0.39, 0.29) is 16.9 Å². The van der Waals surface area contributed by atoms with Gasteiger partial charge in [0.15, 0.2) is 11.2 Å². The third-order valence-electron chi connectivity index (χ3n) is 4.20. The molecule has 0 N–H and O–H groups in total. The first-order chi connectivity index (χ1) is 12.6. The van der Waals surface area contributed by atoms with Gasteiger partial charge < -0.3 is 0 Å². The number of aromatic nitrogens is 4.